The highest BCUT2D eigenvalue weighted by Gasteiger charge is 2.07. The molecule has 3 nitrogen and oxygen atoms in total. The van der Waals surface area contributed by atoms with Gasteiger partial charge in [0.2, 0.25) is 0 Å². The van der Waals surface area contributed by atoms with E-state index in [0.717, 1.165) is 6.42 Å². The Balaban J connectivity index is 2.54. The van der Waals surface area contributed by atoms with Crippen LogP contribution in [0.4, 0.5) is 0 Å². The van der Waals surface area contributed by atoms with Crippen LogP contribution in [0.5, 0.6) is 0 Å². The van der Waals surface area contributed by atoms with Crippen molar-refractivity contribution in [2.45, 2.75) is 39.7 Å². The Morgan fingerprint density at radius 3 is 2.54 bits per heavy atom. The van der Waals surface area contributed by atoms with Crippen molar-refractivity contribution in [1.29, 1.82) is 0 Å². The first-order valence-corrected chi connectivity index (χ1v) is 4.86. The van der Waals surface area contributed by atoms with E-state index in [2.05, 4.69) is 25.8 Å². The number of nitrogens with zero attached hydrogens (tertiary/aromatic N) is 1. The maximum Gasteiger partial charge on any atom is 0.325 e. The Labute approximate surface area is 78.8 Å². The third kappa shape index (κ3) is 2.76. The summed E-state index contributed by atoms with van der Waals surface area (Å²) in [6.07, 6.45) is 5.73. The molecule has 3 heteroatoms. The lowest BCUT2D eigenvalue weighted by Gasteiger charge is -2.13. The number of H-pyrrole nitrogens is 1. The molecular weight excluding hydrogens is 164 g/mol. The number of imidazole rings is 1. The minimum atomic E-state index is -0.00347. The van der Waals surface area contributed by atoms with E-state index in [0.29, 0.717) is 12.0 Å². The summed E-state index contributed by atoms with van der Waals surface area (Å²) < 4.78 is 1.75. The third-order valence-electron chi connectivity index (χ3n) is 2.31. The number of rotatable bonds is 4. The van der Waals surface area contributed by atoms with Gasteiger partial charge in [-0.3, -0.25) is 4.57 Å². The Bertz CT molecular complexity index is 298. The molecule has 1 heterocycles. The molecule has 0 fully saturated rings. The van der Waals surface area contributed by atoms with Crippen molar-refractivity contribution in [2.75, 3.05) is 0 Å². The average molecular weight is 182 g/mol. The van der Waals surface area contributed by atoms with E-state index in [9.17, 15) is 4.79 Å². The molecule has 1 N–H and O–H groups in total. The molecule has 0 aliphatic rings. The van der Waals surface area contributed by atoms with Gasteiger partial charge in [0, 0.05) is 18.4 Å². The Kier molecular flexibility index (Phi) is 3.34. The number of aromatic nitrogens is 2. The molecule has 0 aliphatic heterocycles. The van der Waals surface area contributed by atoms with Gasteiger partial charge in [-0.2, -0.15) is 0 Å². The first-order chi connectivity index (χ1) is 6.11. The van der Waals surface area contributed by atoms with Crippen molar-refractivity contribution in [3.8, 4) is 0 Å². The standard InChI is InChI=1S/C10H18N2O/c1-8(2)4-5-9(3)12-7-6-11-10(12)13/h6-9H,4-5H2,1-3H3,(H,11,13). The van der Waals surface area contributed by atoms with E-state index in [-0.39, 0.29) is 5.69 Å². The quantitative estimate of drug-likeness (QED) is 0.761. The molecule has 0 aliphatic carbocycles. The van der Waals surface area contributed by atoms with E-state index in [1.54, 1.807) is 10.8 Å². The van der Waals surface area contributed by atoms with Crippen LogP contribution >= 0.6 is 0 Å². The van der Waals surface area contributed by atoms with Crippen LogP contribution in [0, 0.1) is 5.92 Å². The van der Waals surface area contributed by atoms with Crippen molar-refractivity contribution in [3.05, 3.63) is 22.9 Å². The van der Waals surface area contributed by atoms with Crippen molar-refractivity contribution in [2.24, 2.45) is 5.92 Å². The molecule has 0 aromatic carbocycles. The zero-order valence-corrected chi connectivity index (χ0v) is 8.58. The molecule has 1 aromatic rings. The van der Waals surface area contributed by atoms with Crippen LogP contribution in [0.1, 0.15) is 39.7 Å². The first kappa shape index (κ1) is 10.1. The summed E-state index contributed by atoms with van der Waals surface area (Å²) in [6, 6.07) is 0.307. The summed E-state index contributed by atoms with van der Waals surface area (Å²) in [7, 11) is 0. The van der Waals surface area contributed by atoms with E-state index in [1.165, 1.54) is 6.42 Å². The summed E-state index contributed by atoms with van der Waals surface area (Å²) in [5.41, 5.74) is -0.00347. The molecule has 0 radical (unpaired) electrons. The molecule has 1 rings (SSSR count). The van der Waals surface area contributed by atoms with E-state index < -0.39 is 0 Å². The van der Waals surface area contributed by atoms with Crippen molar-refractivity contribution in [3.63, 3.8) is 0 Å². The topological polar surface area (TPSA) is 37.8 Å². The van der Waals surface area contributed by atoms with Crippen molar-refractivity contribution >= 4 is 0 Å². The number of hydrogen-bond donors (Lipinski definition) is 1. The van der Waals surface area contributed by atoms with Gasteiger partial charge < -0.3 is 4.98 Å². The van der Waals surface area contributed by atoms with Crippen molar-refractivity contribution < 1.29 is 0 Å². The highest BCUT2D eigenvalue weighted by Crippen LogP contribution is 2.14. The normalized spacial score (nSPS) is 13.5. The molecule has 1 unspecified atom stereocenters. The van der Waals surface area contributed by atoms with Gasteiger partial charge in [-0.25, -0.2) is 4.79 Å². The average Bonchev–Trinajstić information content (AvgIpc) is 2.47. The zero-order valence-electron chi connectivity index (χ0n) is 8.58. The van der Waals surface area contributed by atoms with Crippen LogP contribution in [0.25, 0.3) is 0 Å². The number of hydrogen-bond acceptors (Lipinski definition) is 1. The van der Waals surface area contributed by atoms with Gasteiger partial charge in [-0.15, -0.1) is 0 Å². The lowest BCUT2D eigenvalue weighted by molar-refractivity contribution is 0.432. The van der Waals surface area contributed by atoms with Gasteiger partial charge in [-0.05, 0) is 25.7 Å². The summed E-state index contributed by atoms with van der Waals surface area (Å²) in [4.78, 5) is 13.9. The van der Waals surface area contributed by atoms with Crippen LogP contribution in [0.2, 0.25) is 0 Å². The van der Waals surface area contributed by atoms with Crippen LogP contribution in [-0.4, -0.2) is 9.55 Å². The fourth-order valence-electron chi connectivity index (χ4n) is 1.39. The predicted octanol–water partition coefficient (Wildman–Crippen LogP) is 2.17. The van der Waals surface area contributed by atoms with Crippen LogP contribution < -0.4 is 5.69 Å². The first-order valence-electron chi connectivity index (χ1n) is 4.86. The monoisotopic (exact) mass is 182 g/mol. The van der Waals surface area contributed by atoms with E-state index in [4.69, 9.17) is 0 Å². The molecule has 1 aromatic heterocycles. The molecule has 0 saturated carbocycles. The number of nitrogens with one attached hydrogen (secondary N) is 1. The highest BCUT2D eigenvalue weighted by molar-refractivity contribution is 4.79. The Hall–Kier alpha value is -0.990. The number of aromatic amines is 1. The molecular formula is C10H18N2O. The van der Waals surface area contributed by atoms with Crippen LogP contribution in [-0.2, 0) is 0 Å². The van der Waals surface area contributed by atoms with Gasteiger partial charge in [0.25, 0.3) is 0 Å². The SMILES string of the molecule is CC(C)CCC(C)n1cc[nH]c1=O. The Morgan fingerprint density at radius 1 is 1.38 bits per heavy atom. The lowest BCUT2D eigenvalue weighted by Crippen LogP contribution is -2.20. The van der Waals surface area contributed by atoms with Crippen molar-refractivity contribution in [1.82, 2.24) is 9.55 Å². The minimum absolute atomic E-state index is 0.00347. The smallest absolute Gasteiger partial charge is 0.313 e. The summed E-state index contributed by atoms with van der Waals surface area (Å²) in [6.45, 7) is 6.48. The minimum Gasteiger partial charge on any atom is -0.313 e. The second-order valence-corrected chi connectivity index (χ2v) is 3.99. The molecule has 0 amide bonds. The summed E-state index contributed by atoms with van der Waals surface area (Å²) >= 11 is 0. The van der Waals surface area contributed by atoms with E-state index in [1.807, 2.05) is 6.20 Å². The Morgan fingerprint density at radius 2 is 2.08 bits per heavy atom. The van der Waals surface area contributed by atoms with Crippen LogP contribution in [0.3, 0.4) is 0 Å². The van der Waals surface area contributed by atoms with Crippen LogP contribution in [0.15, 0.2) is 17.2 Å². The predicted molar refractivity (Wildman–Crippen MR) is 53.8 cm³/mol. The second-order valence-electron chi connectivity index (χ2n) is 3.99. The molecule has 0 spiro atoms. The fourth-order valence-corrected chi connectivity index (χ4v) is 1.39. The molecule has 74 valence electrons. The van der Waals surface area contributed by atoms with Gasteiger partial charge in [-0.1, -0.05) is 13.8 Å². The third-order valence-corrected chi connectivity index (χ3v) is 2.31. The van der Waals surface area contributed by atoms with E-state index >= 15 is 0 Å². The largest absolute Gasteiger partial charge is 0.325 e. The summed E-state index contributed by atoms with van der Waals surface area (Å²) in [5, 5.41) is 0. The summed E-state index contributed by atoms with van der Waals surface area (Å²) in [5.74, 6) is 0.706. The zero-order chi connectivity index (χ0) is 9.84. The lowest BCUT2D eigenvalue weighted by atomic mass is 10.0. The van der Waals surface area contributed by atoms with Gasteiger partial charge in [0.15, 0.2) is 0 Å². The van der Waals surface area contributed by atoms with Gasteiger partial charge >= 0.3 is 5.69 Å². The molecule has 0 saturated heterocycles. The van der Waals surface area contributed by atoms with Gasteiger partial charge in [0.1, 0.15) is 0 Å². The molecule has 13 heavy (non-hydrogen) atoms. The van der Waals surface area contributed by atoms with Gasteiger partial charge in [0.05, 0.1) is 0 Å². The second kappa shape index (κ2) is 4.30. The maximum absolute atomic E-state index is 11.2. The molecule has 1 atom stereocenters. The molecule has 0 bridgehead atoms. The fraction of sp³-hybridized carbons (Fsp3) is 0.700. The highest BCUT2D eigenvalue weighted by atomic mass is 16.1. The maximum atomic E-state index is 11.2.